The van der Waals surface area contributed by atoms with Gasteiger partial charge in [0.1, 0.15) is 18.1 Å². The Labute approximate surface area is 157 Å². The Morgan fingerprint density at radius 3 is 3.04 bits per heavy atom. The van der Waals surface area contributed by atoms with Gasteiger partial charge in [0, 0.05) is 12.0 Å². The third-order valence-electron chi connectivity index (χ3n) is 4.64. The highest BCUT2D eigenvalue weighted by molar-refractivity contribution is 5.95. The lowest BCUT2D eigenvalue weighted by Gasteiger charge is -2.16. The van der Waals surface area contributed by atoms with Gasteiger partial charge in [0.25, 0.3) is 0 Å². The van der Waals surface area contributed by atoms with Crippen LogP contribution in [0.3, 0.4) is 0 Å². The summed E-state index contributed by atoms with van der Waals surface area (Å²) in [6.07, 6.45) is 2.33. The van der Waals surface area contributed by atoms with Crippen molar-refractivity contribution in [3.8, 4) is 5.75 Å². The topological polar surface area (TPSA) is 73.6 Å². The number of ether oxygens (including phenoxy) is 2. The Balaban J connectivity index is 1.45. The van der Waals surface area contributed by atoms with E-state index in [0.29, 0.717) is 29.3 Å². The zero-order valence-electron chi connectivity index (χ0n) is 15.2. The van der Waals surface area contributed by atoms with Crippen LogP contribution in [-0.4, -0.2) is 30.4 Å². The van der Waals surface area contributed by atoms with Gasteiger partial charge in [-0.25, -0.2) is 0 Å². The van der Waals surface area contributed by atoms with E-state index >= 15 is 0 Å². The third-order valence-corrected chi connectivity index (χ3v) is 4.64. The van der Waals surface area contributed by atoms with Crippen molar-refractivity contribution in [3.63, 3.8) is 0 Å². The van der Waals surface area contributed by atoms with Crippen LogP contribution in [0.1, 0.15) is 24.1 Å². The van der Waals surface area contributed by atoms with Crippen molar-refractivity contribution in [2.45, 2.75) is 32.3 Å². The number of rotatable bonds is 6. The van der Waals surface area contributed by atoms with Gasteiger partial charge in [0.2, 0.25) is 5.91 Å². The summed E-state index contributed by atoms with van der Waals surface area (Å²) < 4.78 is 16.8. The van der Waals surface area contributed by atoms with Crippen LogP contribution in [0.15, 0.2) is 47.0 Å². The van der Waals surface area contributed by atoms with E-state index in [4.69, 9.17) is 14.0 Å². The SMILES string of the molecule is Cc1ccc(NC(=O)Cc2noc3ccccc23)c(OCC2CCCO2)c1. The molecule has 0 aliphatic carbocycles. The standard InChI is InChI=1S/C21H22N2O4/c1-14-8-9-17(20(11-14)26-13-15-5-4-10-25-15)22-21(24)12-18-16-6-2-3-7-19(16)27-23-18/h2-3,6-9,11,15H,4-5,10,12-13H2,1H3,(H,22,24). The number of fused-ring (bicyclic) bond motifs is 1. The zero-order valence-corrected chi connectivity index (χ0v) is 15.2. The maximum atomic E-state index is 12.5. The molecule has 6 nitrogen and oxygen atoms in total. The molecule has 1 aliphatic heterocycles. The van der Waals surface area contributed by atoms with E-state index in [1.54, 1.807) is 0 Å². The molecule has 1 aromatic heterocycles. The van der Waals surface area contributed by atoms with Crippen LogP contribution in [0.2, 0.25) is 0 Å². The fourth-order valence-electron chi connectivity index (χ4n) is 3.22. The van der Waals surface area contributed by atoms with Crippen molar-refractivity contribution in [3.05, 3.63) is 53.7 Å². The molecule has 1 fully saturated rings. The van der Waals surface area contributed by atoms with E-state index in [0.717, 1.165) is 30.4 Å². The van der Waals surface area contributed by atoms with Gasteiger partial charge in [-0.1, -0.05) is 23.4 Å². The molecule has 0 bridgehead atoms. The smallest absolute Gasteiger partial charge is 0.230 e. The minimum absolute atomic E-state index is 0.121. The summed E-state index contributed by atoms with van der Waals surface area (Å²) in [5.41, 5.74) is 3.02. The number of carbonyl (C=O) groups excluding carboxylic acids is 1. The van der Waals surface area contributed by atoms with Crippen LogP contribution in [0, 0.1) is 6.92 Å². The second kappa shape index (κ2) is 7.80. The number of aryl methyl sites for hydroxylation is 1. The first-order chi connectivity index (χ1) is 13.2. The first kappa shape index (κ1) is 17.5. The fraction of sp³-hybridized carbons (Fsp3) is 0.333. The summed E-state index contributed by atoms with van der Waals surface area (Å²) in [7, 11) is 0. The maximum Gasteiger partial charge on any atom is 0.230 e. The average Bonchev–Trinajstić information content (AvgIpc) is 3.32. The Bertz CT molecular complexity index is 944. The van der Waals surface area contributed by atoms with Gasteiger partial charge >= 0.3 is 0 Å². The molecule has 1 amide bonds. The molecule has 140 valence electrons. The number of anilines is 1. The second-order valence-electron chi connectivity index (χ2n) is 6.80. The average molecular weight is 366 g/mol. The highest BCUT2D eigenvalue weighted by Gasteiger charge is 2.18. The van der Waals surface area contributed by atoms with Gasteiger partial charge < -0.3 is 19.3 Å². The summed E-state index contributed by atoms with van der Waals surface area (Å²) in [5, 5.41) is 7.80. The molecule has 6 heteroatoms. The summed E-state index contributed by atoms with van der Waals surface area (Å²) in [6.45, 7) is 3.27. The molecule has 0 saturated carbocycles. The van der Waals surface area contributed by atoms with E-state index in [9.17, 15) is 4.79 Å². The van der Waals surface area contributed by atoms with Crippen molar-refractivity contribution in [2.75, 3.05) is 18.5 Å². The lowest BCUT2D eigenvalue weighted by Crippen LogP contribution is -2.19. The monoisotopic (exact) mass is 366 g/mol. The minimum Gasteiger partial charge on any atom is -0.489 e. The first-order valence-corrected chi connectivity index (χ1v) is 9.17. The molecule has 3 aromatic rings. The lowest BCUT2D eigenvalue weighted by molar-refractivity contribution is -0.115. The number of para-hydroxylation sites is 1. The summed E-state index contributed by atoms with van der Waals surface area (Å²) in [4.78, 5) is 12.5. The van der Waals surface area contributed by atoms with Crippen molar-refractivity contribution >= 4 is 22.6 Å². The predicted molar refractivity (Wildman–Crippen MR) is 102 cm³/mol. The number of amides is 1. The molecule has 1 N–H and O–H groups in total. The number of carbonyl (C=O) groups is 1. The van der Waals surface area contributed by atoms with Crippen molar-refractivity contribution in [2.24, 2.45) is 0 Å². The van der Waals surface area contributed by atoms with Crippen molar-refractivity contribution in [1.29, 1.82) is 0 Å². The number of aromatic nitrogens is 1. The van der Waals surface area contributed by atoms with Crippen molar-refractivity contribution in [1.82, 2.24) is 5.16 Å². The normalized spacial score (nSPS) is 16.6. The van der Waals surface area contributed by atoms with Crippen molar-refractivity contribution < 1.29 is 18.8 Å². The Morgan fingerprint density at radius 2 is 2.19 bits per heavy atom. The molecule has 1 unspecified atom stereocenters. The molecule has 1 saturated heterocycles. The van der Waals surface area contributed by atoms with E-state index < -0.39 is 0 Å². The molecule has 1 atom stereocenters. The Morgan fingerprint density at radius 1 is 1.30 bits per heavy atom. The minimum atomic E-state index is -0.167. The number of hydrogen-bond donors (Lipinski definition) is 1. The second-order valence-corrected chi connectivity index (χ2v) is 6.80. The van der Waals surface area contributed by atoms with Crippen LogP contribution < -0.4 is 10.1 Å². The van der Waals surface area contributed by atoms with E-state index in [1.165, 1.54) is 0 Å². The summed E-state index contributed by atoms with van der Waals surface area (Å²) >= 11 is 0. The van der Waals surface area contributed by atoms with Gasteiger partial charge in [-0.05, 0) is 49.6 Å². The molecule has 27 heavy (non-hydrogen) atoms. The molecule has 4 rings (SSSR count). The van der Waals surface area contributed by atoms with E-state index in [2.05, 4.69) is 10.5 Å². The largest absolute Gasteiger partial charge is 0.489 e. The molecular formula is C21H22N2O4. The Hall–Kier alpha value is -2.86. The quantitative estimate of drug-likeness (QED) is 0.717. The molecule has 2 aromatic carbocycles. The molecule has 0 spiro atoms. The van der Waals surface area contributed by atoms with E-state index in [1.807, 2.05) is 49.4 Å². The fourth-order valence-corrected chi connectivity index (χ4v) is 3.22. The van der Waals surface area contributed by atoms with Gasteiger partial charge in [-0.2, -0.15) is 0 Å². The zero-order chi connectivity index (χ0) is 18.6. The molecular weight excluding hydrogens is 344 g/mol. The number of nitrogens with one attached hydrogen (secondary N) is 1. The molecule has 0 radical (unpaired) electrons. The van der Waals surface area contributed by atoms with E-state index in [-0.39, 0.29) is 18.4 Å². The molecule has 1 aliphatic rings. The highest BCUT2D eigenvalue weighted by atomic mass is 16.5. The van der Waals surface area contributed by atoms with Crippen LogP contribution in [0.25, 0.3) is 11.0 Å². The van der Waals surface area contributed by atoms with Gasteiger partial charge in [0.05, 0.1) is 18.2 Å². The van der Waals surface area contributed by atoms with Crippen LogP contribution >= 0.6 is 0 Å². The van der Waals surface area contributed by atoms with Crippen LogP contribution in [0.4, 0.5) is 5.69 Å². The Kier molecular flexibility index (Phi) is 5.07. The highest BCUT2D eigenvalue weighted by Crippen LogP contribution is 2.27. The summed E-state index contributed by atoms with van der Waals surface area (Å²) in [5.74, 6) is 0.490. The van der Waals surface area contributed by atoms with Gasteiger partial charge in [0.15, 0.2) is 5.58 Å². The predicted octanol–water partition coefficient (Wildman–Crippen LogP) is 3.88. The maximum absolute atomic E-state index is 12.5. The number of benzene rings is 2. The first-order valence-electron chi connectivity index (χ1n) is 9.17. The molecule has 2 heterocycles. The lowest BCUT2D eigenvalue weighted by atomic mass is 10.1. The van der Waals surface area contributed by atoms with Crippen LogP contribution in [0.5, 0.6) is 5.75 Å². The van der Waals surface area contributed by atoms with Gasteiger partial charge in [-0.15, -0.1) is 0 Å². The third kappa shape index (κ3) is 4.11. The number of hydrogen-bond acceptors (Lipinski definition) is 5. The summed E-state index contributed by atoms with van der Waals surface area (Å²) in [6, 6.07) is 13.2. The van der Waals surface area contributed by atoms with Gasteiger partial charge in [-0.3, -0.25) is 4.79 Å². The number of nitrogens with zero attached hydrogens (tertiary/aromatic N) is 1. The van der Waals surface area contributed by atoms with Crippen LogP contribution in [-0.2, 0) is 16.0 Å².